The third-order valence-corrected chi connectivity index (χ3v) is 8.19. The molecular weight excluding hydrogens is 368 g/mol. The SMILES string of the molecule is C=C[C@@]1(C)CC[C@@H]2[C@]3(C)CCC[C@](C)(COC(C)=O)[C@@H]3[C@H](OC(C)=O)C[C@]2(C)O1. The van der Waals surface area contributed by atoms with Gasteiger partial charge in [0.2, 0.25) is 0 Å². The van der Waals surface area contributed by atoms with E-state index in [1.807, 2.05) is 6.08 Å². The molecule has 5 heteroatoms. The minimum absolute atomic E-state index is 0.0528. The van der Waals surface area contributed by atoms with Gasteiger partial charge in [0.1, 0.15) is 6.10 Å². The zero-order valence-electron chi connectivity index (χ0n) is 19.0. The summed E-state index contributed by atoms with van der Waals surface area (Å²) in [4.78, 5) is 23.6. The summed E-state index contributed by atoms with van der Waals surface area (Å²) in [5.74, 6) is -0.0356. The second-order valence-electron chi connectivity index (χ2n) is 10.6. The number of hydrogen-bond donors (Lipinski definition) is 0. The molecule has 29 heavy (non-hydrogen) atoms. The van der Waals surface area contributed by atoms with Crippen molar-refractivity contribution in [2.75, 3.05) is 6.61 Å². The molecular formula is C24H38O5. The van der Waals surface area contributed by atoms with Gasteiger partial charge in [0.25, 0.3) is 0 Å². The van der Waals surface area contributed by atoms with Crippen molar-refractivity contribution in [3.8, 4) is 0 Å². The van der Waals surface area contributed by atoms with E-state index in [4.69, 9.17) is 14.2 Å². The molecule has 1 heterocycles. The van der Waals surface area contributed by atoms with Gasteiger partial charge in [-0.1, -0.05) is 26.3 Å². The van der Waals surface area contributed by atoms with E-state index in [0.29, 0.717) is 18.9 Å². The summed E-state index contributed by atoms with van der Waals surface area (Å²) in [6.45, 7) is 16.1. The van der Waals surface area contributed by atoms with Crippen LogP contribution in [0.15, 0.2) is 12.7 Å². The lowest BCUT2D eigenvalue weighted by molar-refractivity contribution is -0.284. The predicted molar refractivity (Wildman–Crippen MR) is 111 cm³/mol. The van der Waals surface area contributed by atoms with Gasteiger partial charge in [0.15, 0.2) is 0 Å². The molecule has 0 aromatic heterocycles. The molecule has 164 valence electrons. The Morgan fingerprint density at radius 1 is 1.10 bits per heavy atom. The first-order valence-corrected chi connectivity index (χ1v) is 11.0. The van der Waals surface area contributed by atoms with Crippen LogP contribution in [0.25, 0.3) is 0 Å². The number of esters is 2. The van der Waals surface area contributed by atoms with Gasteiger partial charge in [0.05, 0.1) is 17.8 Å². The third-order valence-electron chi connectivity index (χ3n) is 8.19. The van der Waals surface area contributed by atoms with Crippen LogP contribution in [0.1, 0.15) is 80.1 Å². The highest BCUT2D eigenvalue weighted by molar-refractivity contribution is 5.66. The number of carbonyl (C=O) groups excluding carboxylic acids is 2. The summed E-state index contributed by atoms with van der Waals surface area (Å²) in [7, 11) is 0. The molecule has 0 unspecified atom stereocenters. The molecule has 0 radical (unpaired) electrons. The lowest BCUT2D eigenvalue weighted by Crippen LogP contribution is -2.68. The average molecular weight is 407 g/mol. The molecule has 5 nitrogen and oxygen atoms in total. The van der Waals surface area contributed by atoms with Crippen LogP contribution < -0.4 is 0 Å². The van der Waals surface area contributed by atoms with Gasteiger partial charge in [-0.25, -0.2) is 0 Å². The van der Waals surface area contributed by atoms with E-state index in [0.717, 1.165) is 32.1 Å². The van der Waals surface area contributed by atoms with E-state index in [1.165, 1.54) is 13.8 Å². The van der Waals surface area contributed by atoms with E-state index < -0.39 is 0 Å². The van der Waals surface area contributed by atoms with Crippen molar-refractivity contribution >= 4 is 11.9 Å². The van der Waals surface area contributed by atoms with E-state index in [1.54, 1.807) is 0 Å². The van der Waals surface area contributed by atoms with E-state index in [2.05, 4.69) is 34.3 Å². The first-order valence-electron chi connectivity index (χ1n) is 11.0. The van der Waals surface area contributed by atoms with Gasteiger partial charge in [-0.3, -0.25) is 9.59 Å². The first kappa shape index (κ1) is 22.3. The molecule has 0 bridgehead atoms. The summed E-state index contributed by atoms with van der Waals surface area (Å²) in [6.07, 6.45) is 7.42. The van der Waals surface area contributed by atoms with Gasteiger partial charge >= 0.3 is 11.9 Å². The van der Waals surface area contributed by atoms with Gasteiger partial charge in [-0.2, -0.15) is 0 Å². The fourth-order valence-electron chi connectivity index (χ4n) is 7.26. The van der Waals surface area contributed by atoms with Crippen LogP contribution in [0, 0.1) is 22.7 Å². The molecule has 0 aromatic carbocycles. The first-order chi connectivity index (χ1) is 13.4. The molecule has 3 aliphatic rings. The minimum atomic E-state index is -0.383. The average Bonchev–Trinajstić information content (AvgIpc) is 2.58. The Labute approximate surface area is 175 Å². The number of rotatable bonds is 4. The Morgan fingerprint density at radius 3 is 2.38 bits per heavy atom. The molecule has 0 spiro atoms. The largest absolute Gasteiger partial charge is 0.465 e. The zero-order chi connectivity index (χ0) is 21.7. The molecule has 0 aromatic rings. The second kappa shape index (κ2) is 7.40. The number of hydrogen-bond acceptors (Lipinski definition) is 5. The Morgan fingerprint density at radius 2 is 1.79 bits per heavy atom. The molecule has 3 rings (SSSR count). The molecule has 0 N–H and O–H groups in total. The summed E-state index contributed by atoms with van der Waals surface area (Å²) < 4.78 is 18.2. The van der Waals surface area contributed by atoms with Crippen LogP contribution in [-0.2, 0) is 23.8 Å². The van der Waals surface area contributed by atoms with Crippen molar-refractivity contribution in [3.63, 3.8) is 0 Å². The fraction of sp³-hybridized carbons (Fsp3) is 0.833. The second-order valence-corrected chi connectivity index (χ2v) is 10.6. The maximum absolute atomic E-state index is 12.1. The highest BCUT2D eigenvalue weighted by atomic mass is 16.6. The van der Waals surface area contributed by atoms with Gasteiger partial charge in [-0.15, -0.1) is 6.58 Å². The summed E-state index contributed by atoms with van der Waals surface area (Å²) in [5, 5.41) is 0. The van der Waals surface area contributed by atoms with Crippen molar-refractivity contribution < 1.29 is 23.8 Å². The van der Waals surface area contributed by atoms with Crippen molar-refractivity contribution in [1.29, 1.82) is 0 Å². The predicted octanol–water partition coefficient (Wildman–Crippen LogP) is 4.83. The van der Waals surface area contributed by atoms with Crippen LogP contribution in [0.4, 0.5) is 0 Å². The van der Waals surface area contributed by atoms with E-state index in [9.17, 15) is 9.59 Å². The van der Waals surface area contributed by atoms with Crippen molar-refractivity contribution in [2.45, 2.75) is 97.4 Å². The normalized spacial score (nSPS) is 46.8. The topological polar surface area (TPSA) is 61.8 Å². The minimum Gasteiger partial charge on any atom is -0.465 e. The van der Waals surface area contributed by atoms with Crippen LogP contribution in [-0.4, -0.2) is 35.9 Å². The molecule has 1 saturated heterocycles. The number of carbonyl (C=O) groups is 2. The fourth-order valence-corrected chi connectivity index (χ4v) is 7.26. The Kier molecular flexibility index (Phi) is 5.70. The van der Waals surface area contributed by atoms with Crippen molar-refractivity contribution in [2.24, 2.45) is 22.7 Å². The number of ether oxygens (including phenoxy) is 3. The standard InChI is InChI=1S/C24H38O5/c1-8-22(5)13-10-19-23(6)12-9-11-21(4,15-27-16(2)25)20(23)18(28-17(3)26)14-24(19,7)29-22/h8,18-20H,1,9-15H2,2-7H3/t18-,19-,20+,21-,22+,23+,24+/m1/s1. The number of fused-ring (bicyclic) bond motifs is 3. The molecule has 0 amide bonds. The Hall–Kier alpha value is -1.36. The van der Waals surface area contributed by atoms with Crippen molar-refractivity contribution in [1.82, 2.24) is 0 Å². The third kappa shape index (κ3) is 3.87. The van der Waals surface area contributed by atoms with Crippen LogP contribution in [0.2, 0.25) is 0 Å². The molecule has 1 aliphatic heterocycles. The summed E-state index contributed by atoms with van der Waals surface area (Å²) in [5.41, 5.74) is -1.01. The molecule has 2 saturated carbocycles. The van der Waals surface area contributed by atoms with Gasteiger partial charge < -0.3 is 14.2 Å². The lowest BCUT2D eigenvalue weighted by atomic mass is 9.43. The van der Waals surface area contributed by atoms with Crippen LogP contribution >= 0.6 is 0 Å². The quantitative estimate of drug-likeness (QED) is 0.494. The van der Waals surface area contributed by atoms with Gasteiger partial charge in [-0.05, 0) is 50.9 Å². The monoisotopic (exact) mass is 406 g/mol. The van der Waals surface area contributed by atoms with Crippen LogP contribution in [0.3, 0.4) is 0 Å². The van der Waals surface area contributed by atoms with Gasteiger partial charge in [0, 0.05) is 31.6 Å². The molecule has 2 aliphatic carbocycles. The molecule has 7 atom stereocenters. The Bertz CT molecular complexity index is 689. The van der Waals surface area contributed by atoms with Crippen molar-refractivity contribution in [3.05, 3.63) is 12.7 Å². The highest BCUT2D eigenvalue weighted by Crippen LogP contribution is 2.66. The summed E-state index contributed by atoms with van der Waals surface area (Å²) >= 11 is 0. The lowest BCUT2D eigenvalue weighted by Gasteiger charge is -2.66. The Balaban J connectivity index is 2.03. The van der Waals surface area contributed by atoms with E-state index >= 15 is 0 Å². The van der Waals surface area contributed by atoms with E-state index in [-0.39, 0.29) is 46.0 Å². The zero-order valence-corrected chi connectivity index (χ0v) is 19.0. The smallest absolute Gasteiger partial charge is 0.302 e. The van der Waals surface area contributed by atoms with Crippen LogP contribution in [0.5, 0.6) is 0 Å². The summed E-state index contributed by atoms with van der Waals surface area (Å²) in [6, 6.07) is 0. The molecule has 3 fully saturated rings. The maximum atomic E-state index is 12.1. The highest BCUT2D eigenvalue weighted by Gasteiger charge is 2.66. The maximum Gasteiger partial charge on any atom is 0.302 e.